The molecule has 1 aromatic heterocycles. The van der Waals surface area contributed by atoms with Crippen LogP contribution in [0.2, 0.25) is 0 Å². The summed E-state index contributed by atoms with van der Waals surface area (Å²) in [6.45, 7) is 4.35. The van der Waals surface area contributed by atoms with E-state index in [2.05, 4.69) is 56.2 Å². The van der Waals surface area contributed by atoms with E-state index < -0.39 is 0 Å². The van der Waals surface area contributed by atoms with E-state index in [1.807, 2.05) is 12.3 Å². The summed E-state index contributed by atoms with van der Waals surface area (Å²) < 4.78 is 3.33. The molecule has 0 radical (unpaired) electrons. The van der Waals surface area contributed by atoms with Crippen molar-refractivity contribution in [3.8, 4) is 11.1 Å². The van der Waals surface area contributed by atoms with Gasteiger partial charge in [-0.05, 0) is 44.5 Å². The molecule has 100 valence electrons. The maximum absolute atomic E-state index is 4.62. The van der Waals surface area contributed by atoms with Crippen molar-refractivity contribution < 1.29 is 0 Å². The highest BCUT2D eigenvalue weighted by atomic mass is 79.9. The van der Waals surface area contributed by atoms with E-state index in [9.17, 15) is 0 Å². The monoisotopic (exact) mass is 319 g/mol. The molecule has 4 heteroatoms. The third kappa shape index (κ3) is 2.47. The van der Waals surface area contributed by atoms with Crippen LogP contribution in [0.1, 0.15) is 24.6 Å². The topological polar surface area (TPSA) is 29.9 Å². The van der Waals surface area contributed by atoms with Gasteiger partial charge in [-0.3, -0.25) is 4.68 Å². The fraction of sp³-hybridized carbons (Fsp3) is 0.400. The average molecular weight is 320 g/mol. The van der Waals surface area contributed by atoms with Gasteiger partial charge in [-0.1, -0.05) is 34.1 Å². The first-order valence-corrected chi connectivity index (χ1v) is 7.56. The number of hydrogen-bond donors (Lipinski definition) is 1. The van der Waals surface area contributed by atoms with E-state index in [1.165, 1.54) is 16.8 Å². The van der Waals surface area contributed by atoms with Crippen molar-refractivity contribution in [3.63, 3.8) is 0 Å². The summed E-state index contributed by atoms with van der Waals surface area (Å²) >= 11 is 3.63. The molecule has 0 spiro atoms. The van der Waals surface area contributed by atoms with Crippen LogP contribution < -0.4 is 5.32 Å². The number of halogens is 1. The van der Waals surface area contributed by atoms with Gasteiger partial charge in [0.15, 0.2) is 0 Å². The van der Waals surface area contributed by atoms with Crippen molar-refractivity contribution in [2.75, 3.05) is 13.1 Å². The Bertz CT molecular complexity index is 571. The standard InChI is InChI=1S/C15H18BrN3/c1-11-14(13-4-2-3-5-15(13)16)10-18-19(11)12-6-8-17-9-7-12/h2-5,10,12,17H,6-9H2,1H3. The van der Waals surface area contributed by atoms with E-state index in [1.54, 1.807) is 0 Å². The molecule has 2 heterocycles. The number of piperidine rings is 1. The Morgan fingerprint density at radius 3 is 2.68 bits per heavy atom. The van der Waals surface area contributed by atoms with Crippen LogP contribution in [0.25, 0.3) is 11.1 Å². The number of hydrogen-bond acceptors (Lipinski definition) is 2. The minimum atomic E-state index is 0.539. The summed E-state index contributed by atoms with van der Waals surface area (Å²) in [4.78, 5) is 0. The second-order valence-electron chi connectivity index (χ2n) is 5.05. The van der Waals surface area contributed by atoms with E-state index in [-0.39, 0.29) is 0 Å². The molecule has 2 aromatic rings. The maximum Gasteiger partial charge on any atom is 0.0571 e. The highest BCUT2D eigenvalue weighted by molar-refractivity contribution is 9.10. The molecular weight excluding hydrogens is 302 g/mol. The van der Waals surface area contributed by atoms with Gasteiger partial charge in [0.05, 0.1) is 12.2 Å². The maximum atomic E-state index is 4.62. The largest absolute Gasteiger partial charge is 0.317 e. The predicted molar refractivity (Wildman–Crippen MR) is 81.2 cm³/mol. The first-order chi connectivity index (χ1) is 9.27. The zero-order valence-corrected chi connectivity index (χ0v) is 12.7. The minimum absolute atomic E-state index is 0.539. The van der Waals surface area contributed by atoms with Crippen LogP contribution in [0, 0.1) is 6.92 Å². The normalized spacial score (nSPS) is 16.7. The second kappa shape index (κ2) is 5.47. The molecule has 1 fully saturated rings. The molecule has 1 saturated heterocycles. The lowest BCUT2D eigenvalue weighted by molar-refractivity contribution is 0.338. The van der Waals surface area contributed by atoms with Gasteiger partial charge < -0.3 is 5.32 Å². The third-order valence-electron chi connectivity index (χ3n) is 3.86. The van der Waals surface area contributed by atoms with E-state index in [0.717, 1.165) is 30.4 Å². The lowest BCUT2D eigenvalue weighted by Gasteiger charge is -2.24. The molecular formula is C15H18BrN3. The first-order valence-electron chi connectivity index (χ1n) is 6.77. The van der Waals surface area contributed by atoms with Crippen LogP contribution in [0.4, 0.5) is 0 Å². The van der Waals surface area contributed by atoms with Crippen LogP contribution in [0.15, 0.2) is 34.9 Å². The van der Waals surface area contributed by atoms with Gasteiger partial charge in [0, 0.05) is 15.7 Å². The molecule has 0 bridgehead atoms. The quantitative estimate of drug-likeness (QED) is 0.917. The van der Waals surface area contributed by atoms with Crippen molar-refractivity contribution >= 4 is 15.9 Å². The molecule has 0 saturated carbocycles. The molecule has 1 aliphatic heterocycles. The fourth-order valence-corrected chi connectivity index (χ4v) is 3.29. The lowest BCUT2D eigenvalue weighted by atomic mass is 10.0. The molecule has 3 rings (SSSR count). The Balaban J connectivity index is 1.97. The van der Waals surface area contributed by atoms with Crippen molar-refractivity contribution in [2.24, 2.45) is 0 Å². The van der Waals surface area contributed by atoms with Gasteiger partial charge >= 0.3 is 0 Å². The SMILES string of the molecule is Cc1c(-c2ccccc2Br)cnn1C1CCNCC1. The summed E-state index contributed by atoms with van der Waals surface area (Å²) in [7, 11) is 0. The predicted octanol–water partition coefficient (Wildman–Crippen LogP) is 3.55. The first kappa shape index (κ1) is 12.9. The Labute approximate surface area is 122 Å². The molecule has 1 aromatic carbocycles. The van der Waals surface area contributed by atoms with Crippen LogP contribution in [0.5, 0.6) is 0 Å². The van der Waals surface area contributed by atoms with Crippen molar-refractivity contribution in [3.05, 3.63) is 40.6 Å². The van der Waals surface area contributed by atoms with Crippen LogP contribution in [-0.4, -0.2) is 22.9 Å². The number of nitrogens with zero attached hydrogens (tertiary/aromatic N) is 2. The average Bonchev–Trinajstić information content (AvgIpc) is 2.82. The van der Waals surface area contributed by atoms with E-state index in [4.69, 9.17) is 0 Å². The van der Waals surface area contributed by atoms with Crippen molar-refractivity contribution in [1.82, 2.24) is 15.1 Å². The molecule has 3 nitrogen and oxygen atoms in total. The van der Waals surface area contributed by atoms with Gasteiger partial charge in [0.2, 0.25) is 0 Å². The van der Waals surface area contributed by atoms with E-state index in [0.29, 0.717) is 6.04 Å². The Hall–Kier alpha value is -1.13. The number of rotatable bonds is 2. The minimum Gasteiger partial charge on any atom is -0.317 e. The molecule has 0 aliphatic carbocycles. The van der Waals surface area contributed by atoms with Crippen molar-refractivity contribution in [1.29, 1.82) is 0 Å². The third-order valence-corrected chi connectivity index (χ3v) is 4.55. The summed E-state index contributed by atoms with van der Waals surface area (Å²) in [5.74, 6) is 0. The summed E-state index contributed by atoms with van der Waals surface area (Å²) in [6, 6.07) is 8.87. The molecule has 0 amide bonds. The van der Waals surface area contributed by atoms with Gasteiger partial charge in [0.25, 0.3) is 0 Å². The highest BCUT2D eigenvalue weighted by Gasteiger charge is 2.19. The smallest absolute Gasteiger partial charge is 0.0571 e. The molecule has 0 unspecified atom stereocenters. The zero-order chi connectivity index (χ0) is 13.2. The van der Waals surface area contributed by atoms with Gasteiger partial charge in [-0.2, -0.15) is 5.10 Å². The van der Waals surface area contributed by atoms with Gasteiger partial charge in [-0.15, -0.1) is 0 Å². The van der Waals surface area contributed by atoms with Gasteiger partial charge in [-0.25, -0.2) is 0 Å². The highest BCUT2D eigenvalue weighted by Crippen LogP contribution is 2.32. The Kier molecular flexibility index (Phi) is 3.71. The Morgan fingerprint density at radius 2 is 1.95 bits per heavy atom. The number of nitrogens with one attached hydrogen (secondary N) is 1. The van der Waals surface area contributed by atoms with Crippen LogP contribution in [-0.2, 0) is 0 Å². The number of benzene rings is 1. The summed E-state index contributed by atoms with van der Waals surface area (Å²) in [5.41, 5.74) is 3.71. The lowest BCUT2D eigenvalue weighted by Crippen LogP contribution is -2.30. The summed E-state index contributed by atoms with van der Waals surface area (Å²) in [5, 5.41) is 8.03. The zero-order valence-electron chi connectivity index (χ0n) is 11.1. The summed E-state index contributed by atoms with van der Waals surface area (Å²) in [6.07, 6.45) is 4.33. The second-order valence-corrected chi connectivity index (χ2v) is 5.90. The van der Waals surface area contributed by atoms with Crippen LogP contribution in [0.3, 0.4) is 0 Å². The van der Waals surface area contributed by atoms with Gasteiger partial charge in [0.1, 0.15) is 0 Å². The van der Waals surface area contributed by atoms with E-state index >= 15 is 0 Å². The van der Waals surface area contributed by atoms with Crippen molar-refractivity contribution in [2.45, 2.75) is 25.8 Å². The Morgan fingerprint density at radius 1 is 1.21 bits per heavy atom. The number of aromatic nitrogens is 2. The molecule has 0 atom stereocenters. The molecule has 19 heavy (non-hydrogen) atoms. The van der Waals surface area contributed by atoms with Crippen LogP contribution >= 0.6 is 15.9 Å². The molecule has 1 aliphatic rings. The fourth-order valence-electron chi connectivity index (χ4n) is 2.79. The molecule has 1 N–H and O–H groups in total.